The molecule has 0 atom stereocenters. The van der Waals surface area contributed by atoms with E-state index in [1.54, 1.807) is 0 Å². The molecule has 0 aliphatic carbocycles. The van der Waals surface area contributed by atoms with Gasteiger partial charge in [0.2, 0.25) is 0 Å². The zero-order valence-corrected chi connectivity index (χ0v) is 7.70. The molecule has 0 N–H and O–H groups in total. The summed E-state index contributed by atoms with van der Waals surface area (Å²) in [5, 5.41) is 6.94. The quantitative estimate of drug-likeness (QED) is 0.657. The lowest BCUT2D eigenvalue weighted by Crippen LogP contribution is -1.95. The molecule has 0 fully saturated rings. The van der Waals surface area contributed by atoms with Crippen LogP contribution in [0.15, 0.2) is 42.5 Å². The lowest BCUT2D eigenvalue weighted by molar-refractivity contribution is 0.919. The van der Waals surface area contributed by atoms with Crippen molar-refractivity contribution in [3.63, 3.8) is 0 Å². The molecule has 1 radical (unpaired) electrons. The molecular formula is C12H12N. The molecule has 2 aromatic carbocycles. The summed E-state index contributed by atoms with van der Waals surface area (Å²) in [4.78, 5) is 0. The van der Waals surface area contributed by atoms with Gasteiger partial charge in [0, 0.05) is 11.9 Å². The largest absolute Gasteiger partial charge is 0.285 e. The summed E-state index contributed by atoms with van der Waals surface area (Å²) in [6.45, 7) is 2.90. The summed E-state index contributed by atoms with van der Waals surface area (Å²) < 4.78 is 0. The molecule has 0 saturated carbocycles. The van der Waals surface area contributed by atoms with Crippen molar-refractivity contribution in [3.05, 3.63) is 42.5 Å². The fraction of sp³-hybridized carbons (Fsp3) is 0.167. The molecule has 0 heterocycles. The topological polar surface area (TPSA) is 14.1 Å². The molecule has 0 saturated heterocycles. The average Bonchev–Trinajstić information content (AvgIpc) is 2.19. The number of hydrogen-bond acceptors (Lipinski definition) is 0. The molecule has 2 rings (SSSR count). The minimum absolute atomic E-state index is 0.841. The third kappa shape index (κ3) is 1.50. The van der Waals surface area contributed by atoms with Gasteiger partial charge in [-0.25, -0.2) is 0 Å². The molecule has 0 amide bonds. The van der Waals surface area contributed by atoms with E-state index < -0.39 is 0 Å². The Labute approximate surface area is 78.4 Å². The highest BCUT2D eigenvalue weighted by molar-refractivity contribution is 5.92. The van der Waals surface area contributed by atoms with Gasteiger partial charge in [0.05, 0.1) is 5.69 Å². The van der Waals surface area contributed by atoms with Crippen LogP contribution < -0.4 is 5.32 Å². The van der Waals surface area contributed by atoms with Crippen LogP contribution in [0.5, 0.6) is 0 Å². The standard InChI is InChI=1S/C12H12N/c1-2-13-12-9-5-7-10-6-3-4-8-11(10)12/h3-9H,2H2,1H3. The van der Waals surface area contributed by atoms with E-state index in [0.717, 1.165) is 12.2 Å². The maximum absolute atomic E-state index is 4.43. The maximum atomic E-state index is 4.43. The van der Waals surface area contributed by atoms with Gasteiger partial charge in [-0.05, 0) is 18.4 Å². The van der Waals surface area contributed by atoms with Crippen LogP contribution in [0.4, 0.5) is 5.69 Å². The van der Waals surface area contributed by atoms with Crippen molar-refractivity contribution in [2.45, 2.75) is 6.92 Å². The Balaban J connectivity index is 2.61. The predicted octanol–water partition coefficient (Wildman–Crippen LogP) is 3.10. The van der Waals surface area contributed by atoms with Crippen molar-refractivity contribution < 1.29 is 0 Å². The number of rotatable bonds is 2. The highest BCUT2D eigenvalue weighted by Crippen LogP contribution is 2.22. The van der Waals surface area contributed by atoms with E-state index >= 15 is 0 Å². The van der Waals surface area contributed by atoms with Crippen LogP contribution in [0.1, 0.15) is 6.92 Å². The third-order valence-corrected chi connectivity index (χ3v) is 2.10. The Kier molecular flexibility index (Phi) is 2.17. The van der Waals surface area contributed by atoms with Gasteiger partial charge >= 0.3 is 0 Å². The maximum Gasteiger partial charge on any atom is 0.0652 e. The Morgan fingerprint density at radius 2 is 1.77 bits per heavy atom. The van der Waals surface area contributed by atoms with Gasteiger partial charge in [0.15, 0.2) is 0 Å². The Bertz CT molecular complexity index is 401. The molecule has 13 heavy (non-hydrogen) atoms. The summed E-state index contributed by atoms with van der Waals surface area (Å²) in [7, 11) is 0. The van der Waals surface area contributed by atoms with E-state index in [4.69, 9.17) is 0 Å². The smallest absolute Gasteiger partial charge is 0.0652 e. The van der Waals surface area contributed by atoms with Crippen molar-refractivity contribution in [2.75, 3.05) is 6.54 Å². The summed E-state index contributed by atoms with van der Waals surface area (Å²) in [5.74, 6) is 0. The van der Waals surface area contributed by atoms with Gasteiger partial charge in [-0.3, -0.25) is 5.32 Å². The first-order valence-corrected chi connectivity index (χ1v) is 4.57. The Morgan fingerprint density at radius 3 is 2.62 bits per heavy atom. The van der Waals surface area contributed by atoms with Crippen molar-refractivity contribution >= 4 is 16.5 Å². The number of fused-ring (bicyclic) bond motifs is 1. The SMILES string of the molecule is CC[N]c1cccc2ccccc12. The number of hydrogen-bond donors (Lipinski definition) is 0. The van der Waals surface area contributed by atoms with Crippen LogP contribution in [0.3, 0.4) is 0 Å². The Morgan fingerprint density at radius 1 is 1.00 bits per heavy atom. The third-order valence-electron chi connectivity index (χ3n) is 2.10. The zero-order valence-electron chi connectivity index (χ0n) is 7.70. The molecule has 0 spiro atoms. The molecule has 65 valence electrons. The van der Waals surface area contributed by atoms with Crippen LogP contribution in [0, 0.1) is 0 Å². The predicted molar refractivity (Wildman–Crippen MR) is 56.3 cm³/mol. The van der Waals surface area contributed by atoms with Gasteiger partial charge in [0.1, 0.15) is 0 Å². The molecule has 0 unspecified atom stereocenters. The van der Waals surface area contributed by atoms with E-state index in [-0.39, 0.29) is 0 Å². The molecular weight excluding hydrogens is 158 g/mol. The van der Waals surface area contributed by atoms with Crippen LogP contribution in [-0.4, -0.2) is 6.54 Å². The molecule has 0 aliphatic heterocycles. The van der Waals surface area contributed by atoms with E-state index in [1.807, 2.05) is 0 Å². The molecule has 0 aliphatic rings. The fourth-order valence-electron chi connectivity index (χ4n) is 1.52. The highest BCUT2D eigenvalue weighted by atomic mass is 14.8. The van der Waals surface area contributed by atoms with E-state index in [9.17, 15) is 0 Å². The van der Waals surface area contributed by atoms with Gasteiger partial charge in [0.25, 0.3) is 0 Å². The van der Waals surface area contributed by atoms with Crippen molar-refractivity contribution in [2.24, 2.45) is 0 Å². The average molecular weight is 170 g/mol. The van der Waals surface area contributed by atoms with E-state index in [2.05, 4.69) is 54.7 Å². The first kappa shape index (κ1) is 8.11. The highest BCUT2D eigenvalue weighted by Gasteiger charge is 1.97. The van der Waals surface area contributed by atoms with Crippen LogP contribution in [-0.2, 0) is 0 Å². The summed E-state index contributed by atoms with van der Waals surface area (Å²) in [5.41, 5.74) is 1.10. The first-order valence-electron chi connectivity index (χ1n) is 4.57. The van der Waals surface area contributed by atoms with Crippen molar-refractivity contribution in [1.82, 2.24) is 5.32 Å². The van der Waals surface area contributed by atoms with Gasteiger partial charge < -0.3 is 0 Å². The molecule has 2 aromatic rings. The van der Waals surface area contributed by atoms with Crippen LogP contribution in [0.2, 0.25) is 0 Å². The lowest BCUT2D eigenvalue weighted by atomic mass is 10.1. The number of benzene rings is 2. The van der Waals surface area contributed by atoms with Crippen molar-refractivity contribution in [3.8, 4) is 0 Å². The second kappa shape index (κ2) is 3.48. The fourth-order valence-corrected chi connectivity index (χ4v) is 1.52. The van der Waals surface area contributed by atoms with Crippen molar-refractivity contribution in [1.29, 1.82) is 0 Å². The molecule has 1 heteroatoms. The van der Waals surface area contributed by atoms with Crippen LogP contribution >= 0.6 is 0 Å². The van der Waals surface area contributed by atoms with Crippen LogP contribution in [0.25, 0.3) is 10.8 Å². The Hall–Kier alpha value is -1.50. The summed E-state index contributed by atoms with van der Waals surface area (Å²) in [6, 6.07) is 14.6. The summed E-state index contributed by atoms with van der Waals surface area (Å²) >= 11 is 0. The van der Waals surface area contributed by atoms with E-state index in [0.29, 0.717) is 0 Å². The lowest BCUT2D eigenvalue weighted by Gasteiger charge is -2.04. The normalized spacial score (nSPS) is 10.2. The zero-order chi connectivity index (χ0) is 9.10. The second-order valence-corrected chi connectivity index (χ2v) is 2.97. The molecule has 0 bridgehead atoms. The molecule has 0 aromatic heterocycles. The first-order chi connectivity index (χ1) is 6.42. The van der Waals surface area contributed by atoms with Gasteiger partial charge in [-0.2, -0.15) is 0 Å². The minimum Gasteiger partial charge on any atom is -0.285 e. The number of nitrogens with zero attached hydrogens (tertiary/aromatic N) is 1. The van der Waals surface area contributed by atoms with E-state index in [1.165, 1.54) is 10.8 Å². The molecule has 1 nitrogen and oxygen atoms in total. The van der Waals surface area contributed by atoms with Gasteiger partial charge in [-0.1, -0.05) is 36.4 Å². The summed E-state index contributed by atoms with van der Waals surface area (Å²) in [6.07, 6.45) is 0. The van der Waals surface area contributed by atoms with Gasteiger partial charge in [-0.15, -0.1) is 0 Å². The second-order valence-electron chi connectivity index (χ2n) is 2.97. The monoisotopic (exact) mass is 170 g/mol. The minimum atomic E-state index is 0.841.